The number of aromatic nitrogens is 2. The topological polar surface area (TPSA) is 149 Å². The van der Waals surface area contributed by atoms with E-state index < -0.39 is 23.2 Å². The number of nitrogens with zero attached hydrogens (tertiary/aromatic N) is 3. The van der Waals surface area contributed by atoms with Crippen LogP contribution >= 0.6 is 11.6 Å². The Kier molecular flexibility index (Phi) is 6.43. The first kappa shape index (κ1) is 26.5. The molecule has 12 nitrogen and oxygen atoms in total. The van der Waals surface area contributed by atoms with Gasteiger partial charge in [-0.05, 0) is 44.9 Å². The first-order valence-corrected chi connectivity index (χ1v) is 13.6. The number of nitrogens with one attached hydrogen (secondary N) is 4. The highest BCUT2D eigenvalue weighted by Gasteiger charge is 2.48. The lowest BCUT2D eigenvalue weighted by Crippen LogP contribution is -2.61. The molecule has 5 heterocycles. The second-order valence-corrected chi connectivity index (χ2v) is 11.7. The molecule has 4 N–H and O–H groups in total. The summed E-state index contributed by atoms with van der Waals surface area (Å²) in [7, 11) is 0. The van der Waals surface area contributed by atoms with Crippen molar-refractivity contribution in [3.63, 3.8) is 0 Å². The average molecular weight is 568 g/mol. The van der Waals surface area contributed by atoms with E-state index in [9.17, 15) is 19.2 Å². The monoisotopic (exact) mass is 567 g/mol. The summed E-state index contributed by atoms with van der Waals surface area (Å²) in [6, 6.07) is 4.19. The zero-order valence-electron chi connectivity index (χ0n) is 22.2. The number of hydrogen-bond donors (Lipinski definition) is 4. The highest BCUT2D eigenvalue weighted by molar-refractivity contribution is 6.33. The number of urea groups is 1. The number of imide groups is 1. The number of piperidine rings is 1. The first-order chi connectivity index (χ1) is 19.0. The number of anilines is 1. The second-order valence-electron chi connectivity index (χ2n) is 11.3. The zero-order valence-corrected chi connectivity index (χ0v) is 22.9. The minimum absolute atomic E-state index is 0.0133. The molecule has 3 fully saturated rings. The largest absolute Gasteiger partial charge is 0.372 e. The normalized spacial score (nSPS) is 22.5. The lowest BCUT2D eigenvalue weighted by atomic mass is 9.87. The second kappa shape index (κ2) is 9.72. The number of hydrogen-bond acceptors (Lipinski definition) is 7. The molecule has 13 heteroatoms. The van der Waals surface area contributed by atoms with Crippen LogP contribution in [0.1, 0.15) is 26.7 Å². The molecule has 40 heavy (non-hydrogen) atoms. The summed E-state index contributed by atoms with van der Waals surface area (Å²) in [6.07, 6.45) is 4.08. The number of fused-ring (bicyclic) bond motifs is 3. The van der Waals surface area contributed by atoms with E-state index in [-0.39, 0.29) is 30.9 Å². The van der Waals surface area contributed by atoms with E-state index in [2.05, 4.69) is 25.9 Å². The van der Waals surface area contributed by atoms with Crippen LogP contribution in [-0.2, 0) is 19.1 Å². The summed E-state index contributed by atoms with van der Waals surface area (Å²) in [5, 5.41) is 10.3. The molecule has 210 valence electrons. The van der Waals surface area contributed by atoms with Gasteiger partial charge in [0.25, 0.3) is 5.91 Å². The fraction of sp³-hybridized carbons (Fsp3) is 0.444. The summed E-state index contributed by atoms with van der Waals surface area (Å²) in [4.78, 5) is 61.9. The van der Waals surface area contributed by atoms with E-state index >= 15 is 0 Å². The van der Waals surface area contributed by atoms with Crippen LogP contribution in [-0.4, -0.2) is 93.5 Å². The quantitative estimate of drug-likeness (QED) is 0.352. The molecular formula is C27H30ClN7O5. The summed E-state index contributed by atoms with van der Waals surface area (Å²) in [5.74, 6) is -0.812. The number of benzene rings is 1. The number of pyridine rings is 1. The lowest BCUT2D eigenvalue weighted by Gasteiger charge is -2.44. The standard InChI is InChI=1S/C27H30ClN7O5/c1-26(2)14-35(12-21(36)34-7-4-27(5-8-34)24(38)32-25(39)33-27)20(13-40-26)23(37)31-18-10-15(28)9-17-16-3-6-29-11-19(16)30-22(17)18/h3,6,9-11,20,30H,4-5,7-8,12-14H2,1-2H3,(H,31,37)(H2,32,33,38,39)/t20-/m0/s1. The van der Waals surface area contributed by atoms with Crippen LogP contribution in [0.3, 0.4) is 0 Å². The average Bonchev–Trinajstić information content (AvgIpc) is 3.40. The number of rotatable bonds is 4. The highest BCUT2D eigenvalue weighted by Crippen LogP contribution is 2.34. The van der Waals surface area contributed by atoms with Crippen molar-refractivity contribution in [2.24, 2.45) is 0 Å². The van der Waals surface area contributed by atoms with Gasteiger partial charge in [0.1, 0.15) is 11.6 Å². The van der Waals surface area contributed by atoms with Gasteiger partial charge in [-0.25, -0.2) is 4.79 Å². The molecular weight excluding hydrogens is 538 g/mol. The van der Waals surface area contributed by atoms with Gasteiger partial charge < -0.3 is 25.3 Å². The van der Waals surface area contributed by atoms with E-state index in [4.69, 9.17) is 16.3 Å². The molecule has 0 aliphatic carbocycles. The molecule has 0 unspecified atom stereocenters. The maximum Gasteiger partial charge on any atom is 0.322 e. The number of amides is 5. The van der Waals surface area contributed by atoms with Crippen LogP contribution in [0.4, 0.5) is 10.5 Å². The third kappa shape index (κ3) is 4.76. The van der Waals surface area contributed by atoms with Gasteiger partial charge in [-0.1, -0.05) is 11.6 Å². The maximum atomic E-state index is 13.6. The molecule has 3 aromatic rings. The van der Waals surface area contributed by atoms with Crippen molar-refractivity contribution in [1.82, 2.24) is 30.4 Å². The van der Waals surface area contributed by atoms with E-state index in [0.29, 0.717) is 43.2 Å². The van der Waals surface area contributed by atoms with Crippen LogP contribution in [0, 0.1) is 0 Å². The SMILES string of the molecule is CC1(C)CN(CC(=O)N2CCC3(CC2)NC(=O)NC3=O)[C@H](C(=O)Nc2cc(Cl)cc3c2[nH]c2cnccc23)CO1. The Morgan fingerprint density at radius 1 is 1.20 bits per heavy atom. The zero-order chi connectivity index (χ0) is 28.2. The maximum absolute atomic E-state index is 13.6. The molecule has 3 saturated heterocycles. The molecule has 5 amide bonds. The number of morpholine rings is 1. The molecule has 0 radical (unpaired) electrons. The Balaban J connectivity index is 1.19. The summed E-state index contributed by atoms with van der Waals surface area (Å²) < 4.78 is 5.98. The van der Waals surface area contributed by atoms with Crippen molar-refractivity contribution in [2.45, 2.75) is 43.9 Å². The Morgan fingerprint density at radius 2 is 1.98 bits per heavy atom. The van der Waals surface area contributed by atoms with Gasteiger partial charge in [0.2, 0.25) is 11.8 Å². The summed E-state index contributed by atoms with van der Waals surface area (Å²) in [6.45, 7) is 4.99. The van der Waals surface area contributed by atoms with Crippen molar-refractivity contribution < 1.29 is 23.9 Å². The number of H-pyrrole nitrogens is 1. The summed E-state index contributed by atoms with van der Waals surface area (Å²) in [5.41, 5.74) is 0.563. The van der Waals surface area contributed by atoms with Crippen LogP contribution in [0.2, 0.25) is 5.02 Å². The van der Waals surface area contributed by atoms with Crippen molar-refractivity contribution in [2.75, 3.05) is 38.1 Å². The molecule has 6 rings (SSSR count). The molecule has 3 aliphatic rings. The number of likely N-dealkylation sites (tertiary alicyclic amines) is 1. The predicted molar refractivity (Wildman–Crippen MR) is 148 cm³/mol. The van der Waals surface area contributed by atoms with Crippen molar-refractivity contribution in [1.29, 1.82) is 0 Å². The molecule has 1 atom stereocenters. The van der Waals surface area contributed by atoms with E-state index in [1.54, 1.807) is 23.4 Å². The van der Waals surface area contributed by atoms with E-state index in [1.165, 1.54) is 0 Å². The first-order valence-electron chi connectivity index (χ1n) is 13.2. The molecule has 3 aliphatic heterocycles. The van der Waals surface area contributed by atoms with Gasteiger partial charge >= 0.3 is 6.03 Å². The number of aromatic amines is 1. The number of carbonyl (C=O) groups excluding carboxylic acids is 4. The fourth-order valence-corrected chi connectivity index (χ4v) is 6.10. The third-order valence-electron chi connectivity index (χ3n) is 8.01. The molecule has 1 aromatic carbocycles. The number of ether oxygens (including phenoxy) is 1. The van der Waals surface area contributed by atoms with Crippen LogP contribution in [0.5, 0.6) is 0 Å². The smallest absolute Gasteiger partial charge is 0.322 e. The van der Waals surface area contributed by atoms with Crippen LogP contribution < -0.4 is 16.0 Å². The van der Waals surface area contributed by atoms with Gasteiger partial charge in [0.15, 0.2) is 0 Å². The van der Waals surface area contributed by atoms with Crippen LogP contribution in [0.25, 0.3) is 21.8 Å². The van der Waals surface area contributed by atoms with Crippen LogP contribution in [0.15, 0.2) is 30.6 Å². The molecule has 0 saturated carbocycles. The van der Waals surface area contributed by atoms with Crippen molar-refractivity contribution in [3.8, 4) is 0 Å². The minimum Gasteiger partial charge on any atom is -0.372 e. The Labute approximate surface area is 234 Å². The third-order valence-corrected chi connectivity index (χ3v) is 8.23. The van der Waals surface area contributed by atoms with Gasteiger partial charge in [0.05, 0.1) is 41.7 Å². The van der Waals surface area contributed by atoms with Gasteiger partial charge in [-0.3, -0.25) is 29.6 Å². The highest BCUT2D eigenvalue weighted by atomic mass is 35.5. The van der Waals surface area contributed by atoms with E-state index in [0.717, 1.165) is 21.8 Å². The number of carbonyl (C=O) groups is 4. The Bertz CT molecular complexity index is 1540. The molecule has 1 spiro atoms. The lowest BCUT2D eigenvalue weighted by molar-refractivity contribution is -0.151. The fourth-order valence-electron chi connectivity index (χ4n) is 5.89. The van der Waals surface area contributed by atoms with Gasteiger partial charge in [-0.2, -0.15) is 0 Å². The van der Waals surface area contributed by atoms with E-state index in [1.807, 2.05) is 30.9 Å². The molecule has 0 bridgehead atoms. The van der Waals surface area contributed by atoms with Gasteiger partial charge in [0, 0.05) is 41.6 Å². The van der Waals surface area contributed by atoms with Crippen molar-refractivity contribution >= 4 is 62.8 Å². The number of halogens is 1. The van der Waals surface area contributed by atoms with Crippen molar-refractivity contribution in [3.05, 3.63) is 35.6 Å². The minimum atomic E-state index is -0.960. The predicted octanol–water partition coefficient (Wildman–Crippen LogP) is 1.99. The Morgan fingerprint density at radius 3 is 2.70 bits per heavy atom. The summed E-state index contributed by atoms with van der Waals surface area (Å²) >= 11 is 6.42. The Hall–Kier alpha value is -3.74. The molecule has 2 aromatic heterocycles. The van der Waals surface area contributed by atoms with Gasteiger partial charge in [-0.15, -0.1) is 0 Å².